The molecular formula is C28H45NO2. The Hall–Kier alpha value is -0.900. The van der Waals surface area contributed by atoms with Gasteiger partial charge in [-0.2, -0.15) is 0 Å². The zero-order chi connectivity index (χ0) is 21.9. The lowest BCUT2D eigenvalue weighted by Gasteiger charge is -2.43. The van der Waals surface area contributed by atoms with Crippen molar-refractivity contribution in [1.82, 2.24) is 4.90 Å². The smallest absolute Gasteiger partial charge is 0.0811 e. The van der Waals surface area contributed by atoms with E-state index in [0.29, 0.717) is 5.41 Å². The Balaban J connectivity index is 1.39. The van der Waals surface area contributed by atoms with Crippen LogP contribution in [-0.2, 0) is 4.74 Å². The van der Waals surface area contributed by atoms with E-state index in [9.17, 15) is 5.11 Å². The summed E-state index contributed by atoms with van der Waals surface area (Å²) in [5, 5.41) is 10.0. The highest BCUT2D eigenvalue weighted by molar-refractivity contribution is 5.25. The minimum absolute atomic E-state index is 0.253. The fourth-order valence-electron chi connectivity index (χ4n) is 6.87. The Morgan fingerprint density at radius 2 is 2.16 bits per heavy atom. The first-order chi connectivity index (χ1) is 15.0. The highest BCUT2D eigenvalue weighted by Gasteiger charge is 2.50. The summed E-state index contributed by atoms with van der Waals surface area (Å²) in [7, 11) is 0. The number of ether oxygens (including phenoxy) is 1. The number of hydrogen-bond acceptors (Lipinski definition) is 3. The Bertz CT molecular complexity index is 691. The van der Waals surface area contributed by atoms with Crippen molar-refractivity contribution in [3.63, 3.8) is 0 Å². The van der Waals surface area contributed by atoms with Crippen LogP contribution < -0.4 is 0 Å². The normalized spacial score (nSPS) is 35.3. The van der Waals surface area contributed by atoms with E-state index in [1.165, 1.54) is 70.0 Å². The van der Waals surface area contributed by atoms with Crippen LogP contribution in [0.5, 0.6) is 0 Å². The SMILES string of the molecule is C=CC(O)C/C(=C\C=C1/CCC[C@@]2(C)C1CC[C@@H]2CCN1CCOC2(CC2)C1)CCC. The second kappa shape index (κ2) is 9.93. The van der Waals surface area contributed by atoms with Gasteiger partial charge in [-0.05, 0) is 88.0 Å². The molecule has 1 aliphatic heterocycles. The summed E-state index contributed by atoms with van der Waals surface area (Å²) in [5.74, 6) is 1.62. The zero-order valence-electron chi connectivity index (χ0n) is 20.1. The molecule has 1 saturated heterocycles. The summed E-state index contributed by atoms with van der Waals surface area (Å²) in [6.45, 7) is 13.1. The molecule has 4 atom stereocenters. The molecule has 0 aromatic heterocycles. The number of fused-ring (bicyclic) bond motifs is 1. The van der Waals surface area contributed by atoms with E-state index in [0.717, 1.165) is 44.2 Å². The molecule has 0 radical (unpaired) electrons. The number of morpholine rings is 1. The zero-order valence-corrected chi connectivity index (χ0v) is 20.1. The standard InChI is InChI=1S/C28H45NO2/c1-4-7-22(20-25(30)5-2)9-10-23-8-6-14-27(3)24(11-12-26(23)27)13-17-29-18-19-31-28(21-29)15-16-28/h5,9-10,24-26,30H,2,4,6-8,11-21H2,1,3H3/b22-9-,23-10+/t24-,25?,26?,27-/m1/s1. The predicted molar refractivity (Wildman–Crippen MR) is 129 cm³/mol. The van der Waals surface area contributed by atoms with Crippen molar-refractivity contribution in [1.29, 1.82) is 0 Å². The lowest BCUT2D eigenvalue weighted by Crippen LogP contribution is -2.45. The van der Waals surface area contributed by atoms with Crippen molar-refractivity contribution < 1.29 is 9.84 Å². The van der Waals surface area contributed by atoms with E-state index in [1.807, 2.05) is 0 Å². The van der Waals surface area contributed by atoms with Crippen LogP contribution in [-0.4, -0.2) is 48.0 Å². The lowest BCUT2D eigenvalue weighted by molar-refractivity contribution is -0.0486. The summed E-state index contributed by atoms with van der Waals surface area (Å²) in [5.41, 5.74) is 3.78. The van der Waals surface area contributed by atoms with Crippen LogP contribution in [0.1, 0.15) is 84.5 Å². The molecule has 1 heterocycles. The third kappa shape index (κ3) is 5.37. The van der Waals surface area contributed by atoms with Crippen molar-refractivity contribution in [2.45, 2.75) is 96.2 Å². The molecule has 0 aromatic carbocycles. The molecule has 0 amide bonds. The summed E-state index contributed by atoms with van der Waals surface area (Å²) in [6.07, 6.45) is 19.6. The maximum atomic E-state index is 10.0. The van der Waals surface area contributed by atoms with Crippen molar-refractivity contribution in [3.8, 4) is 0 Å². The molecule has 3 aliphatic carbocycles. The first-order valence-electron chi connectivity index (χ1n) is 13.0. The molecule has 0 bridgehead atoms. The third-order valence-electron chi connectivity index (χ3n) is 8.94. The van der Waals surface area contributed by atoms with Gasteiger partial charge in [0, 0.05) is 13.1 Å². The molecule has 4 fully saturated rings. The molecule has 3 heteroatoms. The third-order valence-corrected chi connectivity index (χ3v) is 8.94. The Labute approximate surface area is 190 Å². The van der Waals surface area contributed by atoms with Crippen molar-refractivity contribution in [2.24, 2.45) is 17.3 Å². The quantitative estimate of drug-likeness (QED) is 0.455. The predicted octanol–water partition coefficient (Wildman–Crippen LogP) is 6.05. The molecule has 3 nitrogen and oxygen atoms in total. The van der Waals surface area contributed by atoms with Crippen LogP contribution in [0.4, 0.5) is 0 Å². The van der Waals surface area contributed by atoms with Gasteiger partial charge in [-0.15, -0.1) is 6.58 Å². The summed E-state index contributed by atoms with van der Waals surface area (Å²) >= 11 is 0. The van der Waals surface area contributed by atoms with Crippen LogP contribution in [0.15, 0.2) is 36.0 Å². The van der Waals surface area contributed by atoms with Gasteiger partial charge in [0.2, 0.25) is 0 Å². The van der Waals surface area contributed by atoms with Crippen LogP contribution in [0.3, 0.4) is 0 Å². The number of allylic oxidation sites excluding steroid dienone is 3. The van der Waals surface area contributed by atoms with Crippen LogP contribution >= 0.6 is 0 Å². The number of rotatable bonds is 9. The highest BCUT2D eigenvalue weighted by atomic mass is 16.5. The average Bonchev–Trinajstić information content (AvgIpc) is 3.41. The second-order valence-corrected chi connectivity index (χ2v) is 11.1. The molecule has 4 rings (SSSR count). The van der Waals surface area contributed by atoms with Crippen molar-refractivity contribution >= 4 is 0 Å². The van der Waals surface area contributed by atoms with Crippen molar-refractivity contribution in [3.05, 3.63) is 36.0 Å². The second-order valence-electron chi connectivity index (χ2n) is 11.1. The first-order valence-corrected chi connectivity index (χ1v) is 13.0. The van der Waals surface area contributed by atoms with Gasteiger partial charge in [-0.3, -0.25) is 4.90 Å². The van der Waals surface area contributed by atoms with Gasteiger partial charge in [0.25, 0.3) is 0 Å². The van der Waals surface area contributed by atoms with E-state index in [1.54, 1.807) is 11.6 Å². The number of aliphatic hydroxyl groups excluding tert-OH is 1. The monoisotopic (exact) mass is 427 g/mol. The van der Waals surface area contributed by atoms with E-state index >= 15 is 0 Å². The topological polar surface area (TPSA) is 32.7 Å². The summed E-state index contributed by atoms with van der Waals surface area (Å²) in [4.78, 5) is 2.69. The van der Waals surface area contributed by atoms with Crippen LogP contribution in [0.25, 0.3) is 0 Å². The Morgan fingerprint density at radius 1 is 1.32 bits per heavy atom. The molecule has 2 unspecified atom stereocenters. The Morgan fingerprint density at radius 3 is 2.90 bits per heavy atom. The van der Waals surface area contributed by atoms with E-state index in [4.69, 9.17) is 4.74 Å². The fraction of sp³-hybridized carbons (Fsp3) is 0.786. The van der Waals surface area contributed by atoms with E-state index in [2.05, 4.69) is 37.5 Å². The van der Waals surface area contributed by atoms with Crippen LogP contribution in [0, 0.1) is 17.3 Å². The van der Waals surface area contributed by atoms with E-state index < -0.39 is 6.10 Å². The highest BCUT2D eigenvalue weighted by Crippen LogP contribution is 2.58. The number of nitrogens with zero attached hydrogens (tertiary/aromatic N) is 1. The number of hydrogen-bond donors (Lipinski definition) is 1. The van der Waals surface area contributed by atoms with Gasteiger partial charge in [0.15, 0.2) is 0 Å². The molecule has 174 valence electrons. The van der Waals surface area contributed by atoms with Crippen LogP contribution in [0.2, 0.25) is 0 Å². The lowest BCUT2D eigenvalue weighted by atomic mass is 9.63. The first kappa shape index (κ1) is 23.3. The molecule has 1 N–H and O–H groups in total. The van der Waals surface area contributed by atoms with Gasteiger partial charge in [-0.1, -0.05) is 49.6 Å². The van der Waals surface area contributed by atoms with Crippen molar-refractivity contribution in [2.75, 3.05) is 26.2 Å². The largest absolute Gasteiger partial charge is 0.389 e. The van der Waals surface area contributed by atoms with Gasteiger partial charge < -0.3 is 9.84 Å². The molecule has 3 saturated carbocycles. The van der Waals surface area contributed by atoms with Gasteiger partial charge in [-0.25, -0.2) is 0 Å². The maximum absolute atomic E-state index is 10.0. The molecule has 0 aromatic rings. The Kier molecular flexibility index (Phi) is 7.45. The fourth-order valence-corrected chi connectivity index (χ4v) is 6.87. The minimum Gasteiger partial charge on any atom is -0.389 e. The molecular weight excluding hydrogens is 382 g/mol. The maximum Gasteiger partial charge on any atom is 0.0811 e. The summed E-state index contributed by atoms with van der Waals surface area (Å²) < 4.78 is 6.02. The van der Waals surface area contributed by atoms with Gasteiger partial charge in [0.05, 0.1) is 18.3 Å². The number of aliphatic hydroxyl groups is 1. The van der Waals surface area contributed by atoms with Gasteiger partial charge >= 0.3 is 0 Å². The molecule has 31 heavy (non-hydrogen) atoms. The average molecular weight is 428 g/mol. The molecule has 1 spiro atoms. The summed E-state index contributed by atoms with van der Waals surface area (Å²) in [6, 6.07) is 0. The minimum atomic E-state index is -0.418. The van der Waals surface area contributed by atoms with E-state index in [-0.39, 0.29) is 5.60 Å². The molecule has 4 aliphatic rings. The van der Waals surface area contributed by atoms with Gasteiger partial charge in [0.1, 0.15) is 0 Å².